The van der Waals surface area contributed by atoms with E-state index < -0.39 is 0 Å². The molecule has 160 valence electrons. The van der Waals surface area contributed by atoms with Gasteiger partial charge in [0.05, 0.1) is 14.2 Å². The Hall–Kier alpha value is -3.60. The number of benzene rings is 3. The predicted octanol–water partition coefficient (Wildman–Crippen LogP) is 4.64. The maximum atomic E-state index is 13.2. The number of hydrogen-bond donors (Lipinski definition) is 0. The molecule has 0 spiro atoms. The molecule has 0 fully saturated rings. The minimum Gasteiger partial charge on any atom is -0.493 e. The Labute approximate surface area is 183 Å². The number of hydrogen-bond acceptors (Lipinski definition) is 4. The highest BCUT2D eigenvalue weighted by molar-refractivity contribution is 6.10. The Bertz CT molecular complexity index is 1030. The highest BCUT2D eigenvalue weighted by Crippen LogP contribution is 2.32. The van der Waals surface area contributed by atoms with Gasteiger partial charge in [-0.2, -0.15) is 0 Å². The lowest BCUT2D eigenvalue weighted by Crippen LogP contribution is -2.33. The monoisotopic (exact) mass is 417 g/mol. The van der Waals surface area contributed by atoms with Crippen molar-refractivity contribution >= 4 is 11.7 Å². The first kappa shape index (κ1) is 22.1. The minimum absolute atomic E-state index is 0.0282. The summed E-state index contributed by atoms with van der Waals surface area (Å²) in [5, 5.41) is 0. The van der Waals surface area contributed by atoms with E-state index >= 15 is 0 Å². The van der Waals surface area contributed by atoms with Crippen LogP contribution < -0.4 is 9.47 Å². The summed E-state index contributed by atoms with van der Waals surface area (Å²) in [6.45, 7) is 3.00. The number of nitrogens with zero attached hydrogens (tertiary/aromatic N) is 1. The Balaban J connectivity index is 1.91. The van der Waals surface area contributed by atoms with Crippen molar-refractivity contribution in [3.8, 4) is 11.5 Å². The summed E-state index contributed by atoms with van der Waals surface area (Å²) in [7, 11) is 3.11. The Morgan fingerprint density at radius 1 is 0.806 bits per heavy atom. The summed E-state index contributed by atoms with van der Waals surface area (Å²) < 4.78 is 10.9. The second kappa shape index (κ2) is 10.4. The zero-order chi connectivity index (χ0) is 22.2. The van der Waals surface area contributed by atoms with E-state index in [4.69, 9.17) is 9.47 Å². The number of carbonyl (C=O) groups excluding carboxylic acids is 2. The van der Waals surface area contributed by atoms with E-state index in [1.54, 1.807) is 37.3 Å². The number of ether oxygens (including phenoxy) is 2. The molecule has 3 aromatic carbocycles. The van der Waals surface area contributed by atoms with Crippen LogP contribution in [0.15, 0.2) is 72.8 Å². The van der Waals surface area contributed by atoms with Crippen molar-refractivity contribution in [3.05, 3.63) is 95.1 Å². The van der Waals surface area contributed by atoms with Gasteiger partial charge in [-0.15, -0.1) is 0 Å². The smallest absolute Gasteiger partial charge is 0.253 e. The van der Waals surface area contributed by atoms with Gasteiger partial charge < -0.3 is 14.4 Å². The molecule has 0 aromatic heterocycles. The molecular weight excluding hydrogens is 390 g/mol. The lowest BCUT2D eigenvalue weighted by Gasteiger charge is -2.22. The molecule has 0 radical (unpaired) electrons. The zero-order valence-corrected chi connectivity index (χ0v) is 18.1. The Kier molecular flexibility index (Phi) is 7.44. The molecule has 0 saturated heterocycles. The van der Waals surface area contributed by atoms with E-state index in [2.05, 4.69) is 0 Å². The standard InChI is InChI=1S/C26H27NO4/c1-4-27(26(29)20-13-9-6-10-14-20)16-15-21-17-23(30-2)24(31-3)18-22(21)25(28)19-11-7-5-8-12-19/h5-14,17-18H,4,15-16H2,1-3H3. The van der Waals surface area contributed by atoms with Gasteiger partial charge in [-0.3, -0.25) is 9.59 Å². The average molecular weight is 418 g/mol. The summed E-state index contributed by atoms with van der Waals surface area (Å²) in [6.07, 6.45) is 0.515. The van der Waals surface area contributed by atoms with Gasteiger partial charge in [-0.05, 0) is 43.2 Å². The first-order chi connectivity index (χ1) is 15.1. The highest BCUT2D eigenvalue weighted by atomic mass is 16.5. The first-order valence-electron chi connectivity index (χ1n) is 10.3. The van der Waals surface area contributed by atoms with Crippen LogP contribution in [0.1, 0.15) is 38.8 Å². The van der Waals surface area contributed by atoms with Crippen LogP contribution in [0.25, 0.3) is 0 Å². The Morgan fingerprint density at radius 2 is 1.35 bits per heavy atom. The molecule has 0 unspecified atom stereocenters. The molecular formula is C26H27NO4. The molecule has 0 N–H and O–H groups in total. The molecule has 0 bridgehead atoms. The fraction of sp³-hybridized carbons (Fsp3) is 0.231. The van der Waals surface area contributed by atoms with Crippen LogP contribution in [0, 0.1) is 0 Å². The van der Waals surface area contributed by atoms with E-state index in [0.717, 1.165) is 5.56 Å². The van der Waals surface area contributed by atoms with Gasteiger partial charge in [0, 0.05) is 29.8 Å². The van der Waals surface area contributed by atoms with Crippen molar-refractivity contribution in [1.29, 1.82) is 0 Å². The third-order valence-corrected chi connectivity index (χ3v) is 5.23. The van der Waals surface area contributed by atoms with Crippen LogP contribution in [0.4, 0.5) is 0 Å². The molecule has 0 aliphatic carbocycles. The quantitative estimate of drug-likeness (QED) is 0.476. The number of amides is 1. The van der Waals surface area contributed by atoms with E-state index in [9.17, 15) is 9.59 Å². The molecule has 31 heavy (non-hydrogen) atoms. The number of likely N-dealkylation sites (N-methyl/N-ethyl adjacent to an activating group) is 1. The maximum absolute atomic E-state index is 13.2. The van der Waals surface area contributed by atoms with Crippen molar-refractivity contribution in [3.63, 3.8) is 0 Å². The van der Waals surface area contributed by atoms with Crippen molar-refractivity contribution in [2.75, 3.05) is 27.3 Å². The van der Waals surface area contributed by atoms with E-state index in [0.29, 0.717) is 47.7 Å². The third kappa shape index (κ3) is 5.12. The molecule has 3 aromatic rings. The minimum atomic E-state index is -0.0889. The van der Waals surface area contributed by atoms with Crippen molar-refractivity contribution in [2.45, 2.75) is 13.3 Å². The van der Waals surface area contributed by atoms with Crippen LogP contribution in [0.2, 0.25) is 0 Å². The maximum Gasteiger partial charge on any atom is 0.253 e. The summed E-state index contributed by atoms with van der Waals surface area (Å²) in [5.74, 6) is 0.936. The Morgan fingerprint density at radius 3 is 1.90 bits per heavy atom. The fourth-order valence-corrected chi connectivity index (χ4v) is 3.51. The van der Waals surface area contributed by atoms with Gasteiger partial charge in [0.2, 0.25) is 0 Å². The molecule has 5 nitrogen and oxygen atoms in total. The van der Waals surface area contributed by atoms with Gasteiger partial charge >= 0.3 is 0 Å². The predicted molar refractivity (Wildman–Crippen MR) is 121 cm³/mol. The summed E-state index contributed by atoms with van der Waals surface area (Å²) >= 11 is 0. The average Bonchev–Trinajstić information content (AvgIpc) is 2.84. The van der Waals surface area contributed by atoms with E-state index in [-0.39, 0.29) is 11.7 Å². The normalized spacial score (nSPS) is 10.4. The summed E-state index contributed by atoms with van der Waals surface area (Å²) in [5.41, 5.74) is 2.61. The van der Waals surface area contributed by atoms with Crippen LogP contribution in [-0.4, -0.2) is 43.9 Å². The SMILES string of the molecule is CCN(CCc1cc(OC)c(OC)cc1C(=O)c1ccccc1)C(=O)c1ccccc1. The number of ketones is 1. The molecule has 0 heterocycles. The molecule has 0 aliphatic rings. The molecule has 0 saturated carbocycles. The van der Waals surface area contributed by atoms with Crippen LogP contribution in [-0.2, 0) is 6.42 Å². The van der Waals surface area contributed by atoms with E-state index in [1.165, 1.54) is 0 Å². The van der Waals surface area contributed by atoms with Gasteiger partial charge in [0.15, 0.2) is 17.3 Å². The van der Waals surface area contributed by atoms with Gasteiger partial charge in [0.25, 0.3) is 5.91 Å². The highest BCUT2D eigenvalue weighted by Gasteiger charge is 2.20. The molecule has 1 amide bonds. The summed E-state index contributed by atoms with van der Waals surface area (Å²) in [6, 6.07) is 21.9. The van der Waals surface area contributed by atoms with Crippen molar-refractivity contribution in [1.82, 2.24) is 4.90 Å². The number of rotatable bonds is 9. The zero-order valence-electron chi connectivity index (χ0n) is 18.1. The third-order valence-electron chi connectivity index (χ3n) is 5.23. The fourth-order valence-electron chi connectivity index (χ4n) is 3.51. The van der Waals surface area contributed by atoms with Crippen LogP contribution in [0.3, 0.4) is 0 Å². The lowest BCUT2D eigenvalue weighted by molar-refractivity contribution is 0.0766. The number of carbonyl (C=O) groups is 2. The molecule has 5 heteroatoms. The molecule has 3 rings (SSSR count). The van der Waals surface area contributed by atoms with Gasteiger partial charge in [-0.1, -0.05) is 48.5 Å². The topological polar surface area (TPSA) is 55.8 Å². The lowest BCUT2D eigenvalue weighted by atomic mass is 9.95. The van der Waals surface area contributed by atoms with Crippen LogP contribution >= 0.6 is 0 Å². The largest absolute Gasteiger partial charge is 0.493 e. The van der Waals surface area contributed by atoms with E-state index in [1.807, 2.05) is 61.5 Å². The summed E-state index contributed by atoms with van der Waals surface area (Å²) in [4.78, 5) is 27.9. The first-order valence-corrected chi connectivity index (χ1v) is 10.3. The van der Waals surface area contributed by atoms with Crippen LogP contribution in [0.5, 0.6) is 11.5 Å². The van der Waals surface area contributed by atoms with Crippen molar-refractivity contribution < 1.29 is 19.1 Å². The second-order valence-electron chi connectivity index (χ2n) is 7.06. The number of methoxy groups -OCH3 is 2. The van der Waals surface area contributed by atoms with Gasteiger partial charge in [0.1, 0.15) is 0 Å². The van der Waals surface area contributed by atoms with Gasteiger partial charge in [-0.25, -0.2) is 0 Å². The molecule has 0 atom stereocenters. The second-order valence-corrected chi connectivity index (χ2v) is 7.06. The van der Waals surface area contributed by atoms with Crippen molar-refractivity contribution in [2.24, 2.45) is 0 Å². The molecule has 0 aliphatic heterocycles.